The molecule has 0 fully saturated rings. The van der Waals surface area contributed by atoms with E-state index in [0.717, 1.165) is 5.56 Å². The van der Waals surface area contributed by atoms with Gasteiger partial charge in [0.1, 0.15) is 28.6 Å². The van der Waals surface area contributed by atoms with Gasteiger partial charge in [-0.05, 0) is 44.9 Å². The number of methoxy groups -OCH3 is 1. The normalized spacial score (nSPS) is 30.2. The number of aryl methyl sites for hydroxylation is 2. The molecule has 3 aromatic carbocycles. The monoisotopic (exact) mass is 812 g/mol. The molecule has 0 saturated heterocycles. The van der Waals surface area contributed by atoms with Crippen molar-refractivity contribution in [2.75, 3.05) is 12.4 Å². The number of ether oxygens (including phenoxy) is 4. The Balaban J connectivity index is 1.61. The molecule has 14 heteroatoms. The third kappa shape index (κ3) is 7.49. The number of ketones is 1. The van der Waals surface area contributed by atoms with Crippen molar-refractivity contribution in [1.29, 1.82) is 0 Å². The lowest BCUT2D eigenvalue weighted by Crippen LogP contribution is -2.46. The fourth-order valence-corrected chi connectivity index (χ4v) is 8.14. The zero-order valence-corrected chi connectivity index (χ0v) is 35.1. The first-order valence-corrected chi connectivity index (χ1v) is 19.6. The van der Waals surface area contributed by atoms with Crippen molar-refractivity contribution in [3.8, 4) is 11.5 Å². The fraction of sp³-hybridized carbons (Fsp3) is 0.444. The van der Waals surface area contributed by atoms with Crippen molar-refractivity contribution in [2.45, 2.75) is 99.4 Å². The van der Waals surface area contributed by atoms with Gasteiger partial charge in [-0.1, -0.05) is 58.1 Å². The first-order valence-electron chi connectivity index (χ1n) is 19.6. The molecule has 314 valence electrons. The molecule has 4 bridgehead atoms. The van der Waals surface area contributed by atoms with E-state index in [0.29, 0.717) is 16.7 Å². The molecule has 2 aliphatic heterocycles. The Morgan fingerprint density at radius 1 is 0.898 bits per heavy atom. The van der Waals surface area contributed by atoms with Gasteiger partial charge in [0.25, 0.3) is 11.7 Å². The highest BCUT2D eigenvalue weighted by Gasteiger charge is 2.49. The number of aliphatic hydroxyl groups is 2. The third-order valence-corrected chi connectivity index (χ3v) is 11.9. The topological polar surface area (TPSA) is 204 Å². The van der Waals surface area contributed by atoms with Crippen molar-refractivity contribution >= 4 is 56.3 Å². The second kappa shape index (κ2) is 16.2. The van der Waals surface area contributed by atoms with Crippen LogP contribution in [-0.4, -0.2) is 75.3 Å². The van der Waals surface area contributed by atoms with Gasteiger partial charge < -0.3 is 44.0 Å². The van der Waals surface area contributed by atoms with E-state index in [-0.39, 0.29) is 50.0 Å². The Hall–Kier alpha value is -5.57. The summed E-state index contributed by atoms with van der Waals surface area (Å²) in [6, 6.07) is 3.69. The van der Waals surface area contributed by atoms with Crippen LogP contribution in [0.3, 0.4) is 0 Å². The molecular weight excluding hydrogens is 760 g/mol. The summed E-state index contributed by atoms with van der Waals surface area (Å²) in [5.41, 5.74) is 1.39. The second-order valence-electron chi connectivity index (χ2n) is 16.1. The number of hydrogen-bond donors (Lipinski definition) is 4. The van der Waals surface area contributed by atoms with Crippen molar-refractivity contribution < 1.29 is 53.1 Å². The van der Waals surface area contributed by atoms with Crippen LogP contribution in [0.1, 0.15) is 75.5 Å². The van der Waals surface area contributed by atoms with Crippen LogP contribution in [0.15, 0.2) is 57.5 Å². The standard InChI is InChI=1S/C45H52N2O12/c1-19-15-16-21(3)39-32(19)46-33-29-30-37(51)26(8)41-31(29)43(53)45(10,59-41)56-18-17-28(55-11)23(5)40(57-27(9)48)25(7)36(50)24(6)35(49)20(2)13-12-14-22(4)44(54)47-34(38(30)52)42(33)58-39/h12-18,20,23-25,28,35-36,40,49-50,52H,1-11H3,(H,47,54)/b13-12+,18-17+,22-14-/t20-,23+,24+,25+,28-,35-,36+,40+,45-/m0/s1. The molecule has 0 aliphatic carbocycles. The van der Waals surface area contributed by atoms with Gasteiger partial charge in [0, 0.05) is 61.2 Å². The van der Waals surface area contributed by atoms with Crippen LogP contribution in [0.25, 0.3) is 33.0 Å². The Kier molecular flexibility index (Phi) is 11.8. The highest BCUT2D eigenvalue weighted by molar-refractivity contribution is 6.26. The maximum atomic E-state index is 14.6. The molecule has 0 saturated carbocycles. The summed E-state index contributed by atoms with van der Waals surface area (Å²) in [4.78, 5) is 60.0. The lowest BCUT2D eigenvalue weighted by atomic mass is 9.78. The van der Waals surface area contributed by atoms with Gasteiger partial charge in [0.2, 0.25) is 0 Å². The average molecular weight is 813 g/mol. The van der Waals surface area contributed by atoms with E-state index in [1.807, 2.05) is 26.0 Å². The first kappa shape index (κ1) is 43.0. The summed E-state index contributed by atoms with van der Waals surface area (Å²) in [6.45, 7) is 16.2. The fourth-order valence-electron chi connectivity index (χ4n) is 8.14. The molecule has 59 heavy (non-hydrogen) atoms. The Morgan fingerprint density at radius 2 is 1.58 bits per heavy atom. The molecule has 1 amide bonds. The zero-order valence-electron chi connectivity index (χ0n) is 35.1. The van der Waals surface area contributed by atoms with E-state index in [2.05, 4.69) is 5.32 Å². The predicted octanol–water partition coefficient (Wildman–Crippen LogP) is 6.61. The smallest absolute Gasteiger partial charge is 0.312 e. The molecule has 0 radical (unpaired) electrons. The van der Waals surface area contributed by atoms with Crippen LogP contribution in [-0.2, 0) is 23.8 Å². The Labute approximate surface area is 341 Å². The largest absolute Gasteiger partial charge is 0.505 e. The van der Waals surface area contributed by atoms with E-state index < -0.39 is 82.7 Å². The number of phenolic OH excluding ortho intramolecular Hbond substituents is 1. The molecule has 2 aliphatic rings. The minimum atomic E-state index is -2.02. The van der Waals surface area contributed by atoms with Crippen molar-refractivity contribution in [2.24, 2.45) is 23.7 Å². The molecule has 14 nitrogen and oxygen atoms in total. The van der Waals surface area contributed by atoms with E-state index in [1.54, 1.807) is 46.8 Å². The van der Waals surface area contributed by atoms with E-state index in [9.17, 15) is 34.5 Å². The van der Waals surface area contributed by atoms with Gasteiger partial charge in [0.05, 0.1) is 35.5 Å². The van der Waals surface area contributed by atoms with Gasteiger partial charge in [0.15, 0.2) is 22.3 Å². The maximum Gasteiger partial charge on any atom is 0.312 e. The zero-order chi connectivity index (χ0) is 43.4. The number of aliphatic hydroxyl groups excluding tert-OH is 2. The van der Waals surface area contributed by atoms with Gasteiger partial charge in [-0.15, -0.1) is 0 Å². The number of carbonyl (C=O) groups excluding carboxylic acids is 3. The number of Topliss-reactive ketones (excluding diaryl/α,β-unsaturated/α-hetero) is 1. The number of benzene rings is 3. The predicted molar refractivity (Wildman–Crippen MR) is 221 cm³/mol. The van der Waals surface area contributed by atoms with E-state index in [1.165, 1.54) is 46.3 Å². The minimum Gasteiger partial charge on any atom is -0.505 e. The van der Waals surface area contributed by atoms with E-state index in [4.69, 9.17) is 28.3 Å². The van der Waals surface area contributed by atoms with Crippen LogP contribution in [0.2, 0.25) is 0 Å². The molecule has 1 aromatic heterocycles. The summed E-state index contributed by atoms with van der Waals surface area (Å²) in [7, 11) is 1.45. The molecule has 6 rings (SSSR count). The van der Waals surface area contributed by atoms with E-state index >= 15 is 0 Å². The van der Waals surface area contributed by atoms with Crippen LogP contribution in [0.4, 0.5) is 5.69 Å². The van der Waals surface area contributed by atoms with Gasteiger partial charge in [-0.25, -0.2) is 4.98 Å². The lowest BCUT2D eigenvalue weighted by molar-refractivity contribution is -0.160. The molecule has 9 atom stereocenters. The van der Waals surface area contributed by atoms with Gasteiger partial charge in [-0.3, -0.25) is 19.2 Å². The number of anilines is 1. The number of fused-ring (bicyclic) bond motifs is 2. The van der Waals surface area contributed by atoms with Crippen LogP contribution in [0, 0.1) is 44.4 Å². The number of nitrogens with one attached hydrogen (secondary N) is 1. The van der Waals surface area contributed by atoms with Crippen LogP contribution in [0.5, 0.6) is 11.5 Å². The quantitative estimate of drug-likeness (QED) is 0.0729. The number of aromatic nitrogens is 1. The number of aromatic hydroxyl groups is 1. The molecule has 0 unspecified atom stereocenters. The third-order valence-electron chi connectivity index (χ3n) is 11.9. The van der Waals surface area contributed by atoms with Crippen molar-refractivity contribution in [1.82, 2.24) is 4.98 Å². The average Bonchev–Trinajstić information content (AvgIpc) is 3.46. The number of rotatable bonds is 2. The number of carbonyl (C=O) groups is 3. The van der Waals surface area contributed by atoms with Crippen molar-refractivity contribution in [3.63, 3.8) is 0 Å². The maximum absolute atomic E-state index is 14.6. The SMILES string of the molecule is CO[C@H]1/C=C/O[C@@]2(C)Oc3c(C)c(=O)c4c(O)c(c5oc6c(C)ccc(C)c6nc5c4c3C2=O)NC(=O)/C(C)=C\C=C\[C@H](C)[C@H](O)[C@@H](C)[C@@H](O)[C@@H](C)[C@H](OC(C)=O)[C@@H]1C. The number of esters is 1. The number of amides is 1. The van der Waals surface area contributed by atoms with Gasteiger partial charge in [-0.2, -0.15) is 0 Å². The highest BCUT2D eigenvalue weighted by atomic mass is 16.7. The number of allylic oxidation sites excluding steroid dienone is 2. The molecule has 4 aromatic rings. The summed E-state index contributed by atoms with van der Waals surface area (Å²) in [5, 5.41) is 37.3. The minimum absolute atomic E-state index is 0.00580. The lowest BCUT2D eigenvalue weighted by Gasteiger charge is -2.38. The first-order chi connectivity index (χ1) is 27.7. The number of hydrogen-bond acceptors (Lipinski definition) is 13. The summed E-state index contributed by atoms with van der Waals surface area (Å²) in [5.74, 6) is -7.10. The summed E-state index contributed by atoms with van der Waals surface area (Å²) < 4.78 is 30.2. The Morgan fingerprint density at radius 3 is 2.24 bits per heavy atom. The molecular formula is C45H52N2O12. The highest BCUT2D eigenvalue weighted by Crippen LogP contribution is 2.48. The Bertz CT molecular complexity index is 2540. The molecule has 3 heterocycles. The molecule has 0 spiro atoms. The summed E-state index contributed by atoms with van der Waals surface area (Å²) >= 11 is 0. The van der Waals surface area contributed by atoms with Crippen molar-refractivity contribution in [3.05, 3.63) is 80.7 Å². The number of phenols is 1. The van der Waals surface area contributed by atoms with Crippen LogP contribution >= 0.6 is 0 Å². The number of nitrogens with zero attached hydrogens (tertiary/aromatic N) is 1. The summed E-state index contributed by atoms with van der Waals surface area (Å²) in [6.07, 6.45) is 3.68. The second-order valence-corrected chi connectivity index (χ2v) is 16.1. The van der Waals surface area contributed by atoms with Gasteiger partial charge >= 0.3 is 11.8 Å². The van der Waals surface area contributed by atoms with Crippen LogP contribution < -0.4 is 15.5 Å². The molecule has 4 N–H and O–H groups in total.